The van der Waals surface area contributed by atoms with Crippen molar-refractivity contribution in [2.45, 2.75) is 0 Å². The van der Waals surface area contributed by atoms with Gasteiger partial charge in [-0.05, 0) is 0 Å². The van der Waals surface area contributed by atoms with E-state index in [9.17, 15) is 43.4 Å². The van der Waals surface area contributed by atoms with Crippen molar-refractivity contribution in [2.24, 2.45) is 0 Å². The Morgan fingerprint density at radius 2 is 0.680 bits per heavy atom. The first kappa shape index (κ1) is 31.7. The Labute approximate surface area is 141 Å². The molecule has 25 heavy (non-hydrogen) atoms. The Balaban J connectivity index is -0.000000130. The monoisotopic (exact) mass is 428 g/mol. The van der Waals surface area contributed by atoms with E-state index >= 15 is 0 Å². The minimum Gasteiger partial charge on any atom is -0.549 e. The van der Waals surface area contributed by atoms with Gasteiger partial charge in [0.05, 0.1) is 36.4 Å². The summed E-state index contributed by atoms with van der Waals surface area (Å²) in [6, 6.07) is 0. The molecule has 0 fully saturated rings. The van der Waals surface area contributed by atoms with Crippen LogP contribution in [-0.4, -0.2) is 74.2 Å². The maximum atomic E-state index is 9.72. The topological polar surface area (TPSA) is 293 Å². The zero-order chi connectivity index (χ0) is 20.4. The van der Waals surface area contributed by atoms with Crippen LogP contribution in [0.2, 0.25) is 0 Å². The molecule has 0 aromatic carbocycles. The number of hydrogen-bond donors (Lipinski definition) is 6. The zero-order valence-electron chi connectivity index (χ0n) is 11.9. The molecular weight excluding hydrogens is 416 g/mol. The van der Waals surface area contributed by atoms with Gasteiger partial charge in [0.2, 0.25) is 0 Å². The molecule has 0 aromatic rings. The molecule has 144 valence electrons. The predicted molar refractivity (Wildman–Crippen MR) is 71.5 cm³/mol. The molecule has 0 aromatic heterocycles. The second-order valence-electron chi connectivity index (χ2n) is 3.58. The largest absolute Gasteiger partial charge is 3.00 e. The van der Waals surface area contributed by atoms with Crippen molar-refractivity contribution in [3.8, 4) is 0 Å². The Hall–Kier alpha value is -1.08. The van der Waals surface area contributed by atoms with Gasteiger partial charge in [0.1, 0.15) is 0 Å². The van der Waals surface area contributed by atoms with Crippen molar-refractivity contribution in [3.63, 3.8) is 0 Å². The Bertz CT molecular complexity index is 487. The van der Waals surface area contributed by atoms with Crippen LogP contribution in [0.3, 0.4) is 0 Å². The smallest absolute Gasteiger partial charge is 0.549 e. The first-order valence-electron chi connectivity index (χ1n) is 4.98. The normalized spacial score (nSPS) is 10.8. The molecule has 19 heteroatoms. The zero-order valence-corrected chi connectivity index (χ0v) is 14.6. The van der Waals surface area contributed by atoms with Gasteiger partial charge in [0, 0.05) is 0 Å². The molecule has 6 N–H and O–H groups in total. The number of carbonyl (C=O) groups excluding carboxylic acids is 3. The molecule has 0 spiro atoms. The molecular formula is C6H12BO15P3. The van der Waals surface area contributed by atoms with Crippen LogP contribution in [0.4, 0.5) is 0 Å². The third-order valence-electron chi connectivity index (χ3n) is 1.01. The van der Waals surface area contributed by atoms with Gasteiger partial charge in [-0.2, -0.15) is 0 Å². The molecule has 0 unspecified atom stereocenters. The van der Waals surface area contributed by atoms with Crippen LogP contribution in [0, 0.1) is 0 Å². The van der Waals surface area contributed by atoms with Gasteiger partial charge in [-0.1, -0.05) is 0 Å². The van der Waals surface area contributed by atoms with Gasteiger partial charge >= 0.3 is 31.2 Å². The van der Waals surface area contributed by atoms with Gasteiger partial charge in [-0.25, -0.2) is 0 Å². The molecule has 0 aliphatic carbocycles. The standard InChI is InChI=1S/3C2H5O5P.B/c3*3-2(4)1-8(5,6)7;/h3*1H2,(H,3,4)(H2,5,6,7);/q;;;+3/p-3. The van der Waals surface area contributed by atoms with Crippen LogP contribution in [-0.2, 0) is 28.1 Å². The van der Waals surface area contributed by atoms with Gasteiger partial charge in [0.15, 0.2) is 0 Å². The first-order chi connectivity index (χ1) is 10.2. The van der Waals surface area contributed by atoms with Gasteiger partial charge in [-0.15, -0.1) is 0 Å². The molecule has 0 heterocycles. The summed E-state index contributed by atoms with van der Waals surface area (Å²) in [6.45, 7) is 0. The van der Waals surface area contributed by atoms with Gasteiger partial charge < -0.3 is 59.1 Å². The molecule has 0 atom stereocenters. The van der Waals surface area contributed by atoms with E-state index in [1.165, 1.54) is 0 Å². The number of carbonyl (C=O) groups is 3. The number of hydrogen-bond acceptors (Lipinski definition) is 9. The summed E-state index contributed by atoms with van der Waals surface area (Å²) in [5, 5.41) is 28.2. The fourth-order valence-electron chi connectivity index (χ4n) is 0.505. The fourth-order valence-corrected chi connectivity index (χ4v) is 1.51. The number of rotatable bonds is 6. The summed E-state index contributed by atoms with van der Waals surface area (Å²) in [6.07, 6.45) is -3.60. The van der Waals surface area contributed by atoms with Crippen LogP contribution in [0.25, 0.3) is 0 Å². The predicted octanol–water partition coefficient (Wildman–Crippen LogP) is -6.64. The van der Waals surface area contributed by atoms with E-state index in [-0.39, 0.29) is 8.41 Å². The van der Waals surface area contributed by atoms with E-state index in [0.29, 0.717) is 0 Å². The second kappa shape index (κ2) is 13.2. The van der Waals surface area contributed by atoms with E-state index in [0.717, 1.165) is 0 Å². The van der Waals surface area contributed by atoms with Crippen LogP contribution in [0.1, 0.15) is 0 Å². The quantitative estimate of drug-likeness (QED) is 0.169. The fraction of sp³-hybridized carbons (Fsp3) is 0.500. The molecule has 0 rings (SSSR count). The van der Waals surface area contributed by atoms with Crippen LogP contribution in [0.5, 0.6) is 0 Å². The summed E-state index contributed by atoms with van der Waals surface area (Å²) in [5.74, 6) is -5.21. The molecule has 0 bridgehead atoms. The third-order valence-corrected chi connectivity index (χ3v) is 3.02. The maximum absolute atomic E-state index is 9.72. The molecule has 15 nitrogen and oxygen atoms in total. The Kier molecular flexibility index (Phi) is 16.7. The van der Waals surface area contributed by atoms with Crippen molar-refractivity contribution in [1.82, 2.24) is 0 Å². The Morgan fingerprint density at radius 1 is 0.560 bits per heavy atom. The van der Waals surface area contributed by atoms with E-state index in [2.05, 4.69) is 0 Å². The summed E-state index contributed by atoms with van der Waals surface area (Å²) < 4.78 is 29.1. The van der Waals surface area contributed by atoms with E-state index in [1.54, 1.807) is 0 Å². The third kappa shape index (κ3) is 51.8. The minimum atomic E-state index is -4.38. The maximum Gasteiger partial charge on any atom is 3.00 e. The SMILES string of the molecule is O=C([O-])CP(=O)(O)O.O=C([O-])CP(=O)(O)O.O=C([O-])CP(=O)(O)O.[B+3]. The van der Waals surface area contributed by atoms with Crippen molar-refractivity contribution >= 4 is 49.1 Å². The Morgan fingerprint density at radius 3 is 0.680 bits per heavy atom. The van der Waals surface area contributed by atoms with Crippen molar-refractivity contribution in [1.29, 1.82) is 0 Å². The minimum absolute atomic E-state index is 0. The summed E-state index contributed by atoms with van der Waals surface area (Å²) in [7, 11) is -13.2. The average molecular weight is 428 g/mol. The van der Waals surface area contributed by atoms with E-state index in [4.69, 9.17) is 29.4 Å². The molecule has 0 aliphatic heterocycles. The van der Waals surface area contributed by atoms with E-state index < -0.39 is 59.2 Å². The average Bonchev–Trinajstić information content (AvgIpc) is 2.04. The van der Waals surface area contributed by atoms with Crippen molar-refractivity contribution < 1.29 is 72.8 Å². The molecule has 0 saturated heterocycles. The van der Waals surface area contributed by atoms with Crippen molar-refractivity contribution in [2.75, 3.05) is 18.5 Å². The van der Waals surface area contributed by atoms with Gasteiger partial charge in [-0.3, -0.25) is 13.7 Å². The molecule has 0 saturated carbocycles. The van der Waals surface area contributed by atoms with Crippen LogP contribution < -0.4 is 15.3 Å². The van der Waals surface area contributed by atoms with Crippen LogP contribution >= 0.6 is 22.8 Å². The molecule has 0 radical (unpaired) electrons. The van der Waals surface area contributed by atoms with Crippen molar-refractivity contribution in [3.05, 3.63) is 0 Å². The molecule has 0 aliphatic rings. The second-order valence-corrected chi connectivity index (χ2v) is 8.52. The molecule has 0 amide bonds. The summed E-state index contributed by atoms with van der Waals surface area (Å²) >= 11 is 0. The summed E-state index contributed by atoms with van der Waals surface area (Å²) in [5.41, 5.74) is 0. The number of carboxylic acid groups (broad SMARTS) is 3. The number of aliphatic carboxylic acids is 3. The number of carboxylic acids is 3. The summed E-state index contributed by atoms with van der Waals surface area (Å²) in [4.78, 5) is 75.5. The van der Waals surface area contributed by atoms with E-state index in [1.807, 2.05) is 0 Å². The van der Waals surface area contributed by atoms with Gasteiger partial charge in [0.25, 0.3) is 0 Å². The first-order valence-corrected chi connectivity index (χ1v) is 10.4. The van der Waals surface area contributed by atoms with Crippen LogP contribution in [0.15, 0.2) is 0 Å².